The molecule has 1 amide bonds. The number of carbonyl (C=O) groups excluding carboxylic acids is 1. The third kappa shape index (κ3) is 6.33. The minimum Gasteiger partial charge on any atom is -0.369 e. The number of primary amides is 1. The Labute approximate surface area is 127 Å². The van der Waals surface area contributed by atoms with Crippen LogP contribution in [0.25, 0.3) is 0 Å². The molecule has 21 heavy (non-hydrogen) atoms. The lowest BCUT2D eigenvalue weighted by Crippen LogP contribution is -2.49. The molecule has 1 saturated heterocycles. The molecule has 0 spiro atoms. The van der Waals surface area contributed by atoms with Gasteiger partial charge in [0.2, 0.25) is 5.91 Å². The predicted octanol–water partition coefficient (Wildman–Crippen LogP) is 0.291. The molecule has 1 aliphatic heterocycles. The van der Waals surface area contributed by atoms with Crippen LogP contribution >= 0.6 is 0 Å². The second-order valence-electron chi connectivity index (χ2n) is 6.15. The van der Waals surface area contributed by atoms with E-state index in [1.807, 2.05) is 0 Å². The van der Waals surface area contributed by atoms with Gasteiger partial charge in [-0.05, 0) is 32.1 Å². The highest BCUT2D eigenvalue weighted by Crippen LogP contribution is 2.32. The van der Waals surface area contributed by atoms with E-state index < -0.39 is 0 Å². The van der Waals surface area contributed by atoms with E-state index >= 15 is 0 Å². The molecule has 0 unspecified atom stereocenters. The van der Waals surface area contributed by atoms with Crippen LogP contribution in [0.5, 0.6) is 0 Å². The summed E-state index contributed by atoms with van der Waals surface area (Å²) in [5.41, 5.74) is 5.24. The van der Waals surface area contributed by atoms with E-state index in [4.69, 9.17) is 5.73 Å². The maximum atomic E-state index is 10.9. The second kappa shape index (κ2) is 8.22. The second-order valence-corrected chi connectivity index (χ2v) is 6.15. The quantitative estimate of drug-likeness (QED) is 0.466. The van der Waals surface area contributed by atoms with Crippen LogP contribution in [0.3, 0.4) is 0 Å². The van der Waals surface area contributed by atoms with E-state index in [0.29, 0.717) is 12.6 Å². The smallest absolute Gasteiger partial charge is 0.231 e. The van der Waals surface area contributed by atoms with Crippen molar-refractivity contribution in [2.45, 2.75) is 45.1 Å². The number of nitrogens with one attached hydrogen (secondary N) is 2. The van der Waals surface area contributed by atoms with Gasteiger partial charge in [0.25, 0.3) is 0 Å². The number of guanidine groups is 1. The fraction of sp³-hybridized carbons (Fsp3) is 0.867. The van der Waals surface area contributed by atoms with Gasteiger partial charge in [-0.2, -0.15) is 0 Å². The number of likely N-dealkylation sites (tertiary alicyclic amines) is 1. The molecule has 1 saturated carbocycles. The van der Waals surface area contributed by atoms with Crippen molar-refractivity contribution in [1.29, 1.82) is 0 Å². The first kappa shape index (κ1) is 16.1. The van der Waals surface area contributed by atoms with Gasteiger partial charge in [0.15, 0.2) is 5.96 Å². The Balaban J connectivity index is 1.71. The van der Waals surface area contributed by atoms with Crippen LogP contribution in [-0.4, -0.2) is 55.5 Å². The molecule has 2 fully saturated rings. The number of hydrogen-bond acceptors (Lipinski definition) is 3. The normalized spacial score (nSPS) is 21.3. The zero-order chi connectivity index (χ0) is 15.1. The number of piperidine rings is 1. The van der Waals surface area contributed by atoms with Crippen LogP contribution in [0.4, 0.5) is 0 Å². The zero-order valence-electron chi connectivity index (χ0n) is 13.1. The molecule has 2 rings (SSSR count). The van der Waals surface area contributed by atoms with Crippen molar-refractivity contribution in [3.8, 4) is 0 Å². The summed E-state index contributed by atoms with van der Waals surface area (Å²) in [4.78, 5) is 17.7. The lowest BCUT2D eigenvalue weighted by atomic mass is 10.1. The minimum absolute atomic E-state index is 0.239. The molecule has 4 N–H and O–H groups in total. The first-order valence-corrected chi connectivity index (χ1v) is 8.23. The molecule has 0 radical (unpaired) electrons. The van der Waals surface area contributed by atoms with E-state index in [0.717, 1.165) is 50.9 Å². The monoisotopic (exact) mass is 295 g/mol. The highest BCUT2D eigenvalue weighted by molar-refractivity contribution is 5.80. The third-order valence-electron chi connectivity index (χ3n) is 4.16. The van der Waals surface area contributed by atoms with Gasteiger partial charge < -0.3 is 16.4 Å². The number of rotatable bonds is 7. The molecule has 120 valence electrons. The molecule has 0 bridgehead atoms. The zero-order valence-corrected chi connectivity index (χ0v) is 13.1. The molecule has 2 aliphatic rings. The molecule has 6 nitrogen and oxygen atoms in total. The van der Waals surface area contributed by atoms with Crippen LogP contribution in [-0.2, 0) is 4.79 Å². The predicted molar refractivity (Wildman–Crippen MR) is 85.1 cm³/mol. The van der Waals surface area contributed by atoms with Crippen LogP contribution in [0.2, 0.25) is 0 Å². The average molecular weight is 295 g/mol. The molecule has 1 heterocycles. The number of carbonyl (C=O) groups is 1. The summed E-state index contributed by atoms with van der Waals surface area (Å²) in [6, 6.07) is 0.438. The van der Waals surface area contributed by atoms with Gasteiger partial charge in [-0.3, -0.25) is 14.7 Å². The topological polar surface area (TPSA) is 82.8 Å². The number of aliphatic imine (C=N–C) groups is 1. The lowest BCUT2D eigenvalue weighted by molar-refractivity contribution is -0.119. The van der Waals surface area contributed by atoms with E-state index in [-0.39, 0.29) is 5.91 Å². The van der Waals surface area contributed by atoms with Gasteiger partial charge in [0.1, 0.15) is 0 Å². The Bertz CT molecular complexity index is 359. The maximum absolute atomic E-state index is 10.9. The Kier molecular flexibility index (Phi) is 6.29. The summed E-state index contributed by atoms with van der Waals surface area (Å²) < 4.78 is 0. The van der Waals surface area contributed by atoms with Gasteiger partial charge in [-0.1, -0.05) is 12.8 Å². The Morgan fingerprint density at radius 3 is 2.57 bits per heavy atom. The Morgan fingerprint density at radius 1 is 1.29 bits per heavy atom. The molecule has 1 aliphatic carbocycles. The fourth-order valence-corrected chi connectivity index (χ4v) is 2.73. The SMILES string of the molecule is CCNC(=NCCC1CC1)NC1CCN(CC(N)=O)CC1. The minimum atomic E-state index is -0.239. The van der Waals surface area contributed by atoms with Crippen LogP contribution in [0, 0.1) is 5.92 Å². The summed E-state index contributed by atoms with van der Waals surface area (Å²) in [5.74, 6) is 1.62. The van der Waals surface area contributed by atoms with E-state index in [1.165, 1.54) is 19.3 Å². The summed E-state index contributed by atoms with van der Waals surface area (Å²) >= 11 is 0. The summed E-state index contributed by atoms with van der Waals surface area (Å²) in [6.45, 7) is 6.11. The molecular weight excluding hydrogens is 266 g/mol. The first-order valence-electron chi connectivity index (χ1n) is 8.23. The van der Waals surface area contributed by atoms with Crippen molar-refractivity contribution in [3.05, 3.63) is 0 Å². The Morgan fingerprint density at radius 2 is 2.00 bits per heavy atom. The molecule has 0 aromatic carbocycles. The van der Waals surface area contributed by atoms with Gasteiger partial charge in [0.05, 0.1) is 6.54 Å². The van der Waals surface area contributed by atoms with E-state index in [2.05, 4.69) is 27.4 Å². The number of nitrogens with zero attached hydrogens (tertiary/aromatic N) is 2. The molecule has 6 heteroatoms. The van der Waals surface area contributed by atoms with Crippen molar-refractivity contribution in [2.75, 3.05) is 32.7 Å². The molecule has 0 aromatic rings. The lowest BCUT2D eigenvalue weighted by Gasteiger charge is -2.32. The first-order chi connectivity index (χ1) is 10.2. The van der Waals surface area contributed by atoms with Crippen LogP contribution < -0.4 is 16.4 Å². The molecule has 0 atom stereocenters. The fourth-order valence-electron chi connectivity index (χ4n) is 2.73. The van der Waals surface area contributed by atoms with E-state index in [1.54, 1.807) is 0 Å². The van der Waals surface area contributed by atoms with Crippen molar-refractivity contribution in [2.24, 2.45) is 16.6 Å². The van der Waals surface area contributed by atoms with Crippen LogP contribution in [0.1, 0.15) is 39.0 Å². The third-order valence-corrected chi connectivity index (χ3v) is 4.16. The van der Waals surface area contributed by atoms with E-state index in [9.17, 15) is 4.79 Å². The van der Waals surface area contributed by atoms with Gasteiger partial charge in [-0.15, -0.1) is 0 Å². The summed E-state index contributed by atoms with van der Waals surface area (Å²) in [5, 5.41) is 6.84. The highest BCUT2D eigenvalue weighted by Gasteiger charge is 2.22. The molecule has 0 aromatic heterocycles. The summed E-state index contributed by atoms with van der Waals surface area (Å²) in [7, 11) is 0. The van der Waals surface area contributed by atoms with Gasteiger partial charge in [-0.25, -0.2) is 0 Å². The Hall–Kier alpha value is -1.30. The summed E-state index contributed by atoms with van der Waals surface area (Å²) in [6.07, 6.45) is 6.05. The van der Waals surface area contributed by atoms with Crippen molar-refractivity contribution in [3.63, 3.8) is 0 Å². The standard InChI is InChI=1S/C15H29N5O/c1-2-17-15(18-8-5-12-3-4-12)19-13-6-9-20(10-7-13)11-14(16)21/h12-13H,2-11H2,1H3,(H2,16,21)(H2,17,18,19). The highest BCUT2D eigenvalue weighted by atomic mass is 16.1. The number of nitrogens with two attached hydrogens (primary N) is 1. The van der Waals surface area contributed by atoms with Crippen molar-refractivity contribution in [1.82, 2.24) is 15.5 Å². The average Bonchev–Trinajstić information content (AvgIpc) is 3.25. The number of hydrogen-bond donors (Lipinski definition) is 3. The van der Waals surface area contributed by atoms with Crippen molar-refractivity contribution < 1.29 is 4.79 Å². The van der Waals surface area contributed by atoms with Gasteiger partial charge in [0, 0.05) is 32.2 Å². The number of amides is 1. The largest absolute Gasteiger partial charge is 0.369 e. The maximum Gasteiger partial charge on any atom is 0.231 e. The van der Waals surface area contributed by atoms with Crippen LogP contribution in [0.15, 0.2) is 4.99 Å². The molecular formula is C15H29N5O. The van der Waals surface area contributed by atoms with Gasteiger partial charge >= 0.3 is 0 Å². The van der Waals surface area contributed by atoms with Crippen molar-refractivity contribution >= 4 is 11.9 Å².